The molecule has 0 atom stereocenters. The number of rotatable bonds is 4. The molecule has 0 aliphatic carbocycles. The van der Waals surface area contributed by atoms with Crippen LogP contribution in [0.1, 0.15) is 16.8 Å². The Kier molecular flexibility index (Phi) is 3.47. The monoisotopic (exact) mass is 245 g/mol. The fraction of sp³-hybridized carbons (Fsp3) is 0.167. The van der Waals surface area contributed by atoms with Crippen LogP contribution in [0.5, 0.6) is 0 Å². The highest BCUT2D eigenvalue weighted by molar-refractivity contribution is 6.04. The third kappa shape index (κ3) is 2.60. The van der Waals surface area contributed by atoms with Crippen LogP contribution < -0.4 is 5.32 Å². The molecule has 6 nitrogen and oxygen atoms in total. The number of hydrogen-bond donors (Lipinski definition) is 2. The molecule has 92 valence electrons. The van der Waals surface area contributed by atoms with Crippen LogP contribution >= 0.6 is 0 Å². The minimum atomic E-state index is -0.951. The average Bonchev–Trinajstić information content (AvgIpc) is 2.37. The van der Waals surface area contributed by atoms with Gasteiger partial charge in [-0.25, -0.2) is 0 Å². The topological polar surface area (TPSA) is 92.2 Å². The number of aliphatic carboxylic acids is 1. The molecule has 6 heteroatoms. The van der Waals surface area contributed by atoms with Gasteiger partial charge < -0.3 is 10.4 Å². The van der Waals surface area contributed by atoms with Crippen molar-refractivity contribution in [3.05, 3.63) is 36.2 Å². The zero-order valence-corrected chi connectivity index (χ0v) is 9.46. The molecule has 0 aliphatic rings. The van der Waals surface area contributed by atoms with Gasteiger partial charge in [-0.05, 0) is 12.1 Å². The van der Waals surface area contributed by atoms with E-state index in [4.69, 9.17) is 5.11 Å². The van der Waals surface area contributed by atoms with Gasteiger partial charge in [-0.1, -0.05) is 6.07 Å². The molecule has 0 radical (unpaired) electrons. The molecular formula is C12H11N3O3. The Morgan fingerprint density at radius 2 is 2.00 bits per heavy atom. The lowest BCUT2D eigenvalue weighted by molar-refractivity contribution is -0.136. The molecule has 0 spiro atoms. The minimum Gasteiger partial charge on any atom is -0.481 e. The number of amides is 1. The van der Waals surface area contributed by atoms with Crippen LogP contribution in [-0.2, 0) is 4.79 Å². The van der Waals surface area contributed by atoms with E-state index < -0.39 is 5.97 Å². The maximum Gasteiger partial charge on any atom is 0.305 e. The molecule has 0 saturated heterocycles. The number of nitrogens with zero attached hydrogens (tertiary/aromatic N) is 2. The van der Waals surface area contributed by atoms with Crippen molar-refractivity contribution in [2.24, 2.45) is 0 Å². The maximum atomic E-state index is 11.9. The number of para-hydroxylation sites is 1. The quantitative estimate of drug-likeness (QED) is 0.832. The number of aromatic nitrogens is 2. The summed E-state index contributed by atoms with van der Waals surface area (Å²) < 4.78 is 0. The van der Waals surface area contributed by atoms with Crippen molar-refractivity contribution in [3.8, 4) is 0 Å². The molecular weight excluding hydrogens is 234 g/mol. The predicted octanol–water partition coefficient (Wildman–Crippen LogP) is 0.834. The number of nitrogens with one attached hydrogen (secondary N) is 1. The first kappa shape index (κ1) is 12.0. The number of carbonyl (C=O) groups excluding carboxylic acids is 1. The van der Waals surface area contributed by atoms with Crippen molar-refractivity contribution >= 4 is 22.9 Å². The van der Waals surface area contributed by atoms with Gasteiger partial charge in [0.1, 0.15) is 5.52 Å². The zero-order chi connectivity index (χ0) is 13.0. The molecule has 18 heavy (non-hydrogen) atoms. The summed E-state index contributed by atoms with van der Waals surface area (Å²) in [6, 6.07) is 5.10. The SMILES string of the molecule is O=C(O)CCNC(=O)c1cccc2nccnc12. The summed E-state index contributed by atoms with van der Waals surface area (Å²) in [6.07, 6.45) is 2.95. The second kappa shape index (κ2) is 5.22. The Morgan fingerprint density at radius 1 is 1.22 bits per heavy atom. The van der Waals surface area contributed by atoms with Crippen molar-refractivity contribution in [2.45, 2.75) is 6.42 Å². The molecule has 1 aromatic heterocycles. The van der Waals surface area contributed by atoms with Crippen LogP contribution in [-0.4, -0.2) is 33.5 Å². The maximum absolute atomic E-state index is 11.9. The Balaban J connectivity index is 2.20. The molecule has 2 aromatic rings. The molecule has 0 unspecified atom stereocenters. The van der Waals surface area contributed by atoms with Crippen LogP contribution in [0.4, 0.5) is 0 Å². The molecule has 1 amide bonds. The number of carboxylic acids is 1. The van der Waals surface area contributed by atoms with E-state index >= 15 is 0 Å². The summed E-state index contributed by atoms with van der Waals surface area (Å²) in [5, 5.41) is 11.0. The number of carboxylic acid groups (broad SMARTS) is 1. The highest BCUT2D eigenvalue weighted by Crippen LogP contribution is 2.13. The van der Waals surface area contributed by atoms with Gasteiger partial charge in [-0.15, -0.1) is 0 Å². The highest BCUT2D eigenvalue weighted by Gasteiger charge is 2.11. The molecule has 0 saturated carbocycles. The highest BCUT2D eigenvalue weighted by atomic mass is 16.4. The smallest absolute Gasteiger partial charge is 0.305 e. The number of fused-ring (bicyclic) bond motifs is 1. The third-order valence-electron chi connectivity index (χ3n) is 2.37. The lowest BCUT2D eigenvalue weighted by Gasteiger charge is -2.05. The van der Waals surface area contributed by atoms with Gasteiger partial charge >= 0.3 is 5.97 Å². The van der Waals surface area contributed by atoms with Crippen LogP contribution in [0.25, 0.3) is 11.0 Å². The Labute approximate surface area is 103 Å². The Bertz CT molecular complexity index is 593. The fourth-order valence-corrected chi connectivity index (χ4v) is 1.55. The number of benzene rings is 1. The largest absolute Gasteiger partial charge is 0.481 e. The van der Waals surface area contributed by atoms with Crippen molar-refractivity contribution in [1.29, 1.82) is 0 Å². The summed E-state index contributed by atoms with van der Waals surface area (Å²) in [5.74, 6) is -1.30. The number of carbonyl (C=O) groups is 2. The van der Waals surface area contributed by atoms with Crippen molar-refractivity contribution in [2.75, 3.05) is 6.54 Å². The summed E-state index contributed by atoms with van der Waals surface area (Å²) in [7, 11) is 0. The van der Waals surface area contributed by atoms with Crippen molar-refractivity contribution in [1.82, 2.24) is 15.3 Å². The molecule has 2 rings (SSSR count). The zero-order valence-electron chi connectivity index (χ0n) is 9.46. The predicted molar refractivity (Wildman–Crippen MR) is 64.1 cm³/mol. The van der Waals surface area contributed by atoms with Gasteiger partial charge in [-0.3, -0.25) is 19.6 Å². The molecule has 1 aromatic carbocycles. The van der Waals surface area contributed by atoms with Crippen molar-refractivity contribution in [3.63, 3.8) is 0 Å². The van der Waals surface area contributed by atoms with E-state index in [9.17, 15) is 9.59 Å². The van der Waals surface area contributed by atoms with E-state index in [1.54, 1.807) is 24.4 Å². The Hall–Kier alpha value is -2.50. The fourth-order valence-electron chi connectivity index (χ4n) is 1.55. The van der Waals surface area contributed by atoms with E-state index in [1.807, 2.05) is 0 Å². The second-order valence-electron chi connectivity index (χ2n) is 3.63. The Morgan fingerprint density at radius 3 is 2.78 bits per heavy atom. The van der Waals surface area contributed by atoms with Gasteiger partial charge in [0.2, 0.25) is 0 Å². The van der Waals surface area contributed by atoms with Gasteiger partial charge in [0.25, 0.3) is 5.91 Å². The van der Waals surface area contributed by atoms with Gasteiger partial charge in [0, 0.05) is 18.9 Å². The van der Waals surface area contributed by atoms with E-state index in [2.05, 4.69) is 15.3 Å². The van der Waals surface area contributed by atoms with Crippen molar-refractivity contribution < 1.29 is 14.7 Å². The van der Waals surface area contributed by atoms with Gasteiger partial charge in [0.05, 0.1) is 17.5 Å². The summed E-state index contributed by atoms with van der Waals surface area (Å²) in [5.41, 5.74) is 1.53. The van der Waals surface area contributed by atoms with E-state index in [0.717, 1.165) is 0 Å². The number of hydrogen-bond acceptors (Lipinski definition) is 4. The minimum absolute atomic E-state index is 0.0881. The van der Waals surface area contributed by atoms with E-state index in [0.29, 0.717) is 16.6 Å². The standard InChI is InChI=1S/C12H11N3O3/c16-10(17)4-5-15-12(18)8-2-1-3-9-11(8)14-7-6-13-9/h1-3,6-7H,4-5H2,(H,15,18)(H,16,17). The van der Waals surface area contributed by atoms with Crippen LogP contribution in [0.2, 0.25) is 0 Å². The summed E-state index contributed by atoms with van der Waals surface area (Å²) in [6.45, 7) is 0.0881. The lowest BCUT2D eigenvalue weighted by Crippen LogP contribution is -2.26. The molecule has 0 fully saturated rings. The molecule has 0 bridgehead atoms. The van der Waals surface area contributed by atoms with Crippen LogP contribution in [0, 0.1) is 0 Å². The van der Waals surface area contributed by atoms with Gasteiger partial charge in [-0.2, -0.15) is 0 Å². The second-order valence-corrected chi connectivity index (χ2v) is 3.63. The summed E-state index contributed by atoms with van der Waals surface area (Å²) in [4.78, 5) is 30.4. The first-order valence-electron chi connectivity index (χ1n) is 5.38. The first-order valence-corrected chi connectivity index (χ1v) is 5.38. The lowest BCUT2D eigenvalue weighted by atomic mass is 10.1. The third-order valence-corrected chi connectivity index (χ3v) is 2.37. The molecule has 2 N–H and O–H groups in total. The van der Waals surface area contributed by atoms with Gasteiger partial charge in [0.15, 0.2) is 0 Å². The summed E-state index contributed by atoms with van der Waals surface area (Å²) >= 11 is 0. The average molecular weight is 245 g/mol. The van der Waals surface area contributed by atoms with Crippen LogP contribution in [0.15, 0.2) is 30.6 Å². The first-order chi connectivity index (χ1) is 8.68. The van der Waals surface area contributed by atoms with E-state index in [-0.39, 0.29) is 18.9 Å². The molecule has 1 heterocycles. The molecule has 0 aliphatic heterocycles. The van der Waals surface area contributed by atoms with Crippen LogP contribution in [0.3, 0.4) is 0 Å². The van der Waals surface area contributed by atoms with E-state index in [1.165, 1.54) is 6.20 Å². The normalized spacial score (nSPS) is 10.2.